The van der Waals surface area contributed by atoms with E-state index in [4.69, 9.17) is 15.2 Å². The number of hydrogen-bond donors (Lipinski definition) is 1. The fraction of sp³-hybridized carbons (Fsp3) is 0.429. The molecular weight excluding hydrogens is 242 g/mol. The fourth-order valence-corrected chi connectivity index (χ4v) is 2.27. The Labute approximate surface area is 111 Å². The Kier molecular flexibility index (Phi) is 3.46. The molecule has 1 saturated heterocycles. The molecule has 0 amide bonds. The minimum atomic E-state index is 0.549. The molecule has 1 aliphatic rings. The lowest BCUT2D eigenvalue weighted by Crippen LogP contribution is -2.21. The lowest BCUT2D eigenvalue weighted by atomic mass is 10.0. The van der Waals surface area contributed by atoms with E-state index in [-0.39, 0.29) is 0 Å². The van der Waals surface area contributed by atoms with Crippen molar-refractivity contribution in [3.8, 4) is 5.88 Å². The molecule has 2 aromatic rings. The van der Waals surface area contributed by atoms with E-state index in [0.29, 0.717) is 24.1 Å². The molecule has 1 aromatic heterocycles. The SMILES string of the molecule is Nc1ccc2c(OCC3CCOCC3)ncnc2c1. The maximum absolute atomic E-state index is 5.85. The molecule has 1 fully saturated rings. The summed E-state index contributed by atoms with van der Waals surface area (Å²) >= 11 is 0. The van der Waals surface area contributed by atoms with Gasteiger partial charge in [0.05, 0.1) is 17.5 Å². The van der Waals surface area contributed by atoms with E-state index in [0.717, 1.165) is 37.0 Å². The molecule has 2 heterocycles. The van der Waals surface area contributed by atoms with Gasteiger partial charge in [-0.2, -0.15) is 0 Å². The molecule has 2 N–H and O–H groups in total. The monoisotopic (exact) mass is 259 g/mol. The molecule has 100 valence electrons. The van der Waals surface area contributed by atoms with Gasteiger partial charge in [-0.05, 0) is 37.0 Å². The predicted octanol–water partition coefficient (Wildman–Crippen LogP) is 2.02. The highest BCUT2D eigenvalue weighted by Crippen LogP contribution is 2.24. The molecule has 0 atom stereocenters. The highest BCUT2D eigenvalue weighted by atomic mass is 16.5. The van der Waals surface area contributed by atoms with Gasteiger partial charge in [0.15, 0.2) is 0 Å². The number of nitrogens with zero attached hydrogens (tertiary/aromatic N) is 2. The van der Waals surface area contributed by atoms with Crippen LogP contribution in [0.4, 0.5) is 5.69 Å². The second kappa shape index (κ2) is 5.40. The van der Waals surface area contributed by atoms with E-state index in [9.17, 15) is 0 Å². The first-order valence-electron chi connectivity index (χ1n) is 6.54. The van der Waals surface area contributed by atoms with Crippen LogP contribution in [0.1, 0.15) is 12.8 Å². The number of benzene rings is 1. The number of aromatic nitrogens is 2. The Balaban J connectivity index is 1.76. The average molecular weight is 259 g/mol. The second-order valence-electron chi connectivity index (χ2n) is 4.82. The highest BCUT2D eigenvalue weighted by molar-refractivity contribution is 5.85. The molecule has 5 heteroatoms. The Morgan fingerprint density at radius 2 is 2.11 bits per heavy atom. The summed E-state index contributed by atoms with van der Waals surface area (Å²) in [5.41, 5.74) is 7.26. The quantitative estimate of drug-likeness (QED) is 0.854. The zero-order valence-corrected chi connectivity index (χ0v) is 10.7. The van der Waals surface area contributed by atoms with Gasteiger partial charge in [0, 0.05) is 18.9 Å². The lowest BCUT2D eigenvalue weighted by Gasteiger charge is -2.21. The van der Waals surface area contributed by atoms with Gasteiger partial charge < -0.3 is 15.2 Å². The zero-order valence-electron chi connectivity index (χ0n) is 10.7. The molecule has 3 rings (SSSR count). The normalized spacial score (nSPS) is 16.6. The molecule has 0 bridgehead atoms. The van der Waals surface area contributed by atoms with Crippen molar-refractivity contribution in [1.82, 2.24) is 9.97 Å². The van der Waals surface area contributed by atoms with Crippen LogP contribution >= 0.6 is 0 Å². The van der Waals surface area contributed by atoms with Crippen LogP contribution in [-0.4, -0.2) is 29.8 Å². The number of ether oxygens (including phenoxy) is 2. The van der Waals surface area contributed by atoms with Gasteiger partial charge in [-0.15, -0.1) is 0 Å². The Hall–Kier alpha value is -1.88. The Morgan fingerprint density at radius 3 is 2.95 bits per heavy atom. The Morgan fingerprint density at radius 1 is 1.26 bits per heavy atom. The standard InChI is InChI=1S/C14H17N3O2/c15-11-1-2-12-13(7-11)16-9-17-14(12)19-8-10-3-5-18-6-4-10/h1-2,7,9-10H,3-6,8,15H2. The number of fused-ring (bicyclic) bond motifs is 1. The summed E-state index contributed by atoms with van der Waals surface area (Å²) in [5, 5.41) is 0.906. The average Bonchev–Trinajstić information content (AvgIpc) is 2.45. The minimum absolute atomic E-state index is 0.549. The Bertz CT molecular complexity index is 568. The molecule has 0 radical (unpaired) electrons. The van der Waals surface area contributed by atoms with Crippen molar-refractivity contribution in [3.63, 3.8) is 0 Å². The van der Waals surface area contributed by atoms with Gasteiger partial charge in [-0.3, -0.25) is 0 Å². The van der Waals surface area contributed by atoms with Crippen LogP contribution in [-0.2, 0) is 4.74 Å². The van der Waals surface area contributed by atoms with E-state index in [2.05, 4.69) is 9.97 Å². The van der Waals surface area contributed by atoms with E-state index in [1.807, 2.05) is 18.2 Å². The topological polar surface area (TPSA) is 70.3 Å². The van der Waals surface area contributed by atoms with Gasteiger partial charge >= 0.3 is 0 Å². The van der Waals surface area contributed by atoms with Crippen LogP contribution in [0.3, 0.4) is 0 Å². The smallest absolute Gasteiger partial charge is 0.224 e. The van der Waals surface area contributed by atoms with Gasteiger partial charge in [0.2, 0.25) is 5.88 Å². The van der Waals surface area contributed by atoms with E-state index in [1.165, 1.54) is 6.33 Å². The molecule has 5 nitrogen and oxygen atoms in total. The van der Waals surface area contributed by atoms with Crippen molar-refractivity contribution < 1.29 is 9.47 Å². The maximum atomic E-state index is 5.85. The predicted molar refractivity (Wildman–Crippen MR) is 73.0 cm³/mol. The summed E-state index contributed by atoms with van der Waals surface area (Å²) in [6.07, 6.45) is 3.62. The summed E-state index contributed by atoms with van der Waals surface area (Å²) in [7, 11) is 0. The molecule has 0 aliphatic carbocycles. The van der Waals surface area contributed by atoms with Crippen molar-refractivity contribution in [2.75, 3.05) is 25.6 Å². The summed E-state index contributed by atoms with van der Waals surface area (Å²) in [6, 6.07) is 5.58. The van der Waals surface area contributed by atoms with Gasteiger partial charge in [-0.25, -0.2) is 9.97 Å². The first kappa shape index (κ1) is 12.2. The van der Waals surface area contributed by atoms with E-state index in [1.54, 1.807) is 0 Å². The first-order valence-corrected chi connectivity index (χ1v) is 6.54. The zero-order chi connectivity index (χ0) is 13.1. The van der Waals surface area contributed by atoms with Crippen LogP contribution in [0, 0.1) is 5.92 Å². The lowest BCUT2D eigenvalue weighted by molar-refractivity contribution is 0.0493. The van der Waals surface area contributed by atoms with E-state index >= 15 is 0 Å². The third-order valence-electron chi connectivity index (χ3n) is 3.42. The third-order valence-corrected chi connectivity index (χ3v) is 3.42. The highest BCUT2D eigenvalue weighted by Gasteiger charge is 2.15. The molecule has 19 heavy (non-hydrogen) atoms. The van der Waals surface area contributed by atoms with Crippen molar-refractivity contribution >= 4 is 16.6 Å². The number of rotatable bonds is 3. The van der Waals surface area contributed by atoms with Gasteiger partial charge in [0.25, 0.3) is 0 Å². The van der Waals surface area contributed by atoms with E-state index < -0.39 is 0 Å². The van der Waals surface area contributed by atoms with Crippen LogP contribution in [0.5, 0.6) is 5.88 Å². The van der Waals surface area contributed by atoms with Crippen LogP contribution in [0.15, 0.2) is 24.5 Å². The largest absolute Gasteiger partial charge is 0.477 e. The molecule has 0 unspecified atom stereocenters. The number of nitrogen functional groups attached to an aromatic ring is 1. The number of hydrogen-bond acceptors (Lipinski definition) is 5. The fourth-order valence-electron chi connectivity index (χ4n) is 2.27. The van der Waals surface area contributed by atoms with Crippen LogP contribution < -0.4 is 10.5 Å². The molecule has 1 aliphatic heterocycles. The number of anilines is 1. The summed E-state index contributed by atoms with van der Waals surface area (Å²) < 4.78 is 11.2. The number of nitrogens with two attached hydrogens (primary N) is 1. The summed E-state index contributed by atoms with van der Waals surface area (Å²) in [5.74, 6) is 1.18. The minimum Gasteiger partial charge on any atom is -0.477 e. The molecule has 1 aromatic carbocycles. The maximum Gasteiger partial charge on any atom is 0.224 e. The summed E-state index contributed by atoms with van der Waals surface area (Å²) in [6.45, 7) is 2.34. The first-order chi connectivity index (χ1) is 9.33. The van der Waals surface area contributed by atoms with Crippen LogP contribution in [0.25, 0.3) is 10.9 Å². The van der Waals surface area contributed by atoms with Gasteiger partial charge in [0.1, 0.15) is 6.33 Å². The van der Waals surface area contributed by atoms with Gasteiger partial charge in [-0.1, -0.05) is 0 Å². The third kappa shape index (κ3) is 2.76. The molecule has 0 saturated carbocycles. The molecular formula is C14H17N3O2. The second-order valence-corrected chi connectivity index (χ2v) is 4.82. The van der Waals surface area contributed by atoms with Crippen molar-refractivity contribution in [2.45, 2.75) is 12.8 Å². The molecule has 0 spiro atoms. The van der Waals surface area contributed by atoms with Crippen LogP contribution in [0.2, 0.25) is 0 Å². The van der Waals surface area contributed by atoms with Crippen molar-refractivity contribution in [3.05, 3.63) is 24.5 Å². The van der Waals surface area contributed by atoms with Crippen molar-refractivity contribution in [2.24, 2.45) is 5.92 Å². The summed E-state index contributed by atoms with van der Waals surface area (Å²) in [4.78, 5) is 8.42. The van der Waals surface area contributed by atoms with Crippen molar-refractivity contribution in [1.29, 1.82) is 0 Å².